The molecule has 0 radical (unpaired) electrons. The number of nitrogens with zero attached hydrogens (tertiary/aromatic N) is 3. The zero-order valence-corrected chi connectivity index (χ0v) is 14.7. The van der Waals surface area contributed by atoms with E-state index in [0.29, 0.717) is 24.0 Å². The van der Waals surface area contributed by atoms with Crippen molar-refractivity contribution in [2.75, 3.05) is 6.61 Å². The molecule has 1 atom stereocenters. The first-order chi connectivity index (χ1) is 11.3. The summed E-state index contributed by atoms with van der Waals surface area (Å²) in [4.78, 5) is 8.50. The van der Waals surface area contributed by atoms with Crippen LogP contribution in [0.15, 0.2) is 30.6 Å². The minimum Gasteiger partial charge on any atom is -0.475 e. The molecule has 0 unspecified atom stereocenters. The summed E-state index contributed by atoms with van der Waals surface area (Å²) in [6, 6.07) is 7.76. The predicted molar refractivity (Wildman–Crippen MR) is 94.5 cm³/mol. The fourth-order valence-electron chi connectivity index (χ4n) is 2.82. The van der Waals surface area contributed by atoms with Crippen molar-refractivity contribution in [2.45, 2.75) is 39.7 Å². The highest BCUT2D eigenvalue weighted by Crippen LogP contribution is 2.27. The van der Waals surface area contributed by atoms with Gasteiger partial charge in [-0.2, -0.15) is 5.26 Å². The third kappa shape index (κ3) is 4.53. The smallest absolute Gasteiger partial charge is 0.231 e. The Labute approximate surface area is 143 Å². The maximum absolute atomic E-state index is 9.44. The molecular formula is C19H24N4O. The number of hydrogen-bond acceptors (Lipinski definition) is 5. The second kappa shape index (κ2) is 7.41. The van der Waals surface area contributed by atoms with Crippen LogP contribution < -0.4 is 10.5 Å². The summed E-state index contributed by atoms with van der Waals surface area (Å²) in [6.45, 7) is 8.42. The van der Waals surface area contributed by atoms with Crippen molar-refractivity contribution < 1.29 is 4.74 Å². The van der Waals surface area contributed by atoms with E-state index in [9.17, 15) is 5.26 Å². The van der Waals surface area contributed by atoms with Crippen molar-refractivity contribution >= 4 is 0 Å². The van der Waals surface area contributed by atoms with Crippen LogP contribution in [0.25, 0.3) is 11.1 Å². The van der Waals surface area contributed by atoms with E-state index in [1.54, 1.807) is 12.4 Å². The fraction of sp³-hybridized carbons (Fsp3) is 0.421. The molecule has 0 spiro atoms. The topological polar surface area (TPSA) is 84.8 Å². The van der Waals surface area contributed by atoms with E-state index >= 15 is 0 Å². The van der Waals surface area contributed by atoms with Gasteiger partial charge in [0.2, 0.25) is 5.88 Å². The van der Waals surface area contributed by atoms with E-state index < -0.39 is 5.54 Å². The predicted octanol–water partition coefficient (Wildman–Crippen LogP) is 3.47. The molecule has 0 amide bonds. The largest absolute Gasteiger partial charge is 0.475 e. The number of aromatic nitrogens is 2. The minimum absolute atomic E-state index is 0.320. The fourth-order valence-corrected chi connectivity index (χ4v) is 2.82. The van der Waals surface area contributed by atoms with Crippen molar-refractivity contribution in [1.82, 2.24) is 9.97 Å². The maximum atomic E-state index is 9.44. The summed E-state index contributed by atoms with van der Waals surface area (Å²) in [5.41, 5.74) is 8.90. The maximum Gasteiger partial charge on any atom is 0.231 e. The number of nitriles is 1. The number of hydrogen-bond donors (Lipinski definition) is 1. The zero-order valence-electron chi connectivity index (χ0n) is 14.7. The molecule has 0 aliphatic carbocycles. The molecule has 0 fully saturated rings. The van der Waals surface area contributed by atoms with Gasteiger partial charge < -0.3 is 10.5 Å². The molecule has 0 aliphatic heterocycles. The van der Waals surface area contributed by atoms with Gasteiger partial charge in [-0.1, -0.05) is 13.8 Å². The van der Waals surface area contributed by atoms with Crippen LogP contribution in [0.1, 0.15) is 38.4 Å². The second-order valence-electron chi connectivity index (χ2n) is 6.86. The Morgan fingerprint density at radius 3 is 2.58 bits per heavy atom. The Hall–Kier alpha value is -2.45. The minimum atomic E-state index is -0.458. The lowest BCUT2D eigenvalue weighted by molar-refractivity contribution is 0.200. The van der Waals surface area contributed by atoms with Crippen LogP contribution in [0.2, 0.25) is 0 Å². The summed E-state index contributed by atoms with van der Waals surface area (Å²) in [7, 11) is 0. The molecule has 5 heteroatoms. The van der Waals surface area contributed by atoms with Crippen molar-refractivity contribution in [3.05, 3.63) is 41.9 Å². The highest BCUT2D eigenvalue weighted by atomic mass is 16.5. The monoisotopic (exact) mass is 324 g/mol. The normalized spacial score (nSPS) is 13.4. The Balaban J connectivity index is 2.26. The van der Waals surface area contributed by atoms with E-state index in [1.165, 1.54) is 0 Å². The van der Waals surface area contributed by atoms with E-state index in [1.807, 2.05) is 32.0 Å². The van der Waals surface area contributed by atoms with Crippen molar-refractivity contribution in [2.24, 2.45) is 11.7 Å². The molecule has 5 nitrogen and oxygen atoms in total. The van der Waals surface area contributed by atoms with E-state index in [4.69, 9.17) is 10.5 Å². The first-order valence-corrected chi connectivity index (χ1v) is 8.06. The molecule has 0 aromatic carbocycles. The Morgan fingerprint density at radius 1 is 1.33 bits per heavy atom. The lowest BCUT2D eigenvalue weighted by atomic mass is 9.93. The number of aryl methyl sites for hydroxylation is 1. The summed E-state index contributed by atoms with van der Waals surface area (Å²) in [5, 5.41) is 9.44. The van der Waals surface area contributed by atoms with Crippen LogP contribution >= 0.6 is 0 Å². The van der Waals surface area contributed by atoms with Gasteiger partial charge in [0, 0.05) is 29.2 Å². The second-order valence-corrected chi connectivity index (χ2v) is 6.86. The summed E-state index contributed by atoms with van der Waals surface area (Å²) in [5.74, 6) is 0.816. The van der Waals surface area contributed by atoms with Crippen molar-refractivity contribution in [3.63, 3.8) is 0 Å². The zero-order chi connectivity index (χ0) is 17.7. The van der Waals surface area contributed by atoms with Crippen LogP contribution in [-0.2, 0) is 0 Å². The van der Waals surface area contributed by atoms with Crippen LogP contribution in [0.5, 0.6) is 5.88 Å². The van der Waals surface area contributed by atoms with Crippen molar-refractivity contribution in [1.29, 1.82) is 5.26 Å². The van der Waals surface area contributed by atoms with Crippen LogP contribution in [0, 0.1) is 24.2 Å². The number of nitrogens with two attached hydrogens (primary N) is 1. The van der Waals surface area contributed by atoms with Gasteiger partial charge in [0.25, 0.3) is 0 Å². The molecule has 0 aliphatic rings. The van der Waals surface area contributed by atoms with Crippen LogP contribution in [0.3, 0.4) is 0 Å². The number of pyridine rings is 2. The molecule has 2 heterocycles. The molecule has 2 aromatic rings. The standard InChI is InChI=1S/C19H24N4O/c1-13(2)10-19(4,21)12-24-18-16(11-20)9-17(14(3)23-18)15-5-7-22-8-6-15/h5-9,13H,10,12,21H2,1-4H3/t19-/m0/s1. The van der Waals surface area contributed by atoms with Gasteiger partial charge in [-0.05, 0) is 49.9 Å². The number of ether oxygens (including phenoxy) is 1. The first-order valence-electron chi connectivity index (χ1n) is 8.06. The van der Waals surface area contributed by atoms with Gasteiger partial charge in [0.15, 0.2) is 0 Å². The molecule has 0 bridgehead atoms. The molecule has 2 aromatic heterocycles. The lowest BCUT2D eigenvalue weighted by Crippen LogP contribution is -2.43. The third-order valence-electron chi connectivity index (χ3n) is 3.70. The lowest BCUT2D eigenvalue weighted by Gasteiger charge is -2.26. The average Bonchev–Trinajstić information content (AvgIpc) is 2.52. The highest BCUT2D eigenvalue weighted by Gasteiger charge is 2.22. The molecule has 0 saturated carbocycles. The van der Waals surface area contributed by atoms with Gasteiger partial charge >= 0.3 is 0 Å². The summed E-state index contributed by atoms with van der Waals surface area (Å²) < 4.78 is 5.79. The van der Waals surface area contributed by atoms with Crippen molar-refractivity contribution in [3.8, 4) is 23.1 Å². The molecule has 0 saturated heterocycles. The first kappa shape index (κ1) is 17.9. The van der Waals surface area contributed by atoms with Gasteiger partial charge in [0.1, 0.15) is 18.2 Å². The van der Waals surface area contributed by atoms with E-state index in [0.717, 1.165) is 23.2 Å². The molecule has 2 N–H and O–H groups in total. The highest BCUT2D eigenvalue weighted by molar-refractivity contribution is 5.68. The SMILES string of the molecule is Cc1nc(OC[C@@](C)(N)CC(C)C)c(C#N)cc1-c1ccncc1. The molecule has 24 heavy (non-hydrogen) atoms. The Morgan fingerprint density at radius 2 is 2.00 bits per heavy atom. The number of rotatable bonds is 6. The molecular weight excluding hydrogens is 300 g/mol. The van der Waals surface area contributed by atoms with E-state index in [-0.39, 0.29) is 0 Å². The molecule has 126 valence electrons. The van der Waals surface area contributed by atoms with Gasteiger partial charge in [-0.3, -0.25) is 4.98 Å². The van der Waals surface area contributed by atoms with Crippen LogP contribution in [-0.4, -0.2) is 22.1 Å². The average molecular weight is 324 g/mol. The third-order valence-corrected chi connectivity index (χ3v) is 3.70. The van der Waals surface area contributed by atoms with Gasteiger partial charge in [-0.15, -0.1) is 0 Å². The Kier molecular flexibility index (Phi) is 5.53. The molecule has 2 rings (SSSR count). The van der Waals surface area contributed by atoms with E-state index in [2.05, 4.69) is 29.9 Å². The quantitative estimate of drug-likeness (QED) is 0.879. The summed E-state index contributed by atoms with van der Waals surface area (Å²) >= 11 is 0. The summed E-state index contributed by atoms with van der Waals surface area (Å²) in [6.07, 6.45) is 4.27. The van der Waals surface area contributed by atoms with Gasteiger partial charge in [0.05, 0.1) is 0 Å². The Bertz CT molecular complexity index is 733. The van der Waals surface area contributed by atoms with Gasteiger partial charge in [-0.25, -0.2) is 4.98 Å². The van der Waals surface area contributed by atoms with Crippen LogP contribution in [0.4, 0.5) is 0 Å².